The third-order valence-electron chi connectivity index (χ3n) is 3.43. The van der Waals surface area contributed by atoms with Crippen molar-refractivity contribution in [3.63, 3.8) is 0 Å². The van der Waals surface area contributed by atoms with E-state index in [4.69, 9.17) is 0 Å². The second-order valence-electron chi connectivity index (χ2n) is 6.10. The van der Waals surface area contributed by atoms with Crippen molar-refractivity contribution in [1.82, 2.24) is 15.3 Å². The number of nitrogens with zero attached hydrogens (tertiary/aromatic N) is 3. The van der Waals surface area contributed by atoms with Crippen molar-refractivity contribution < 1.29 is 4.79 Å². The highest BCUT2D eigenvalue weighted by Gasteiger charge is 2.28. The van der Waals surface area contributed by atoms with Crippen LogP contribution >= 0.6 is 0 Å². The Hall–Kier alpha value is -1.85. The first-order valence-corrected chi connectivity index (χ1v) is 6.94. The van der Waals surface area contributed by atoms with E-state index in [-0.39, 0.29) is 17.4 Å². The lowest BCUT2D eigenvalue weighted by Crippen LogP contribution is -2.54. The zero-order valence-electron chi connectivity index (χ0n) is 12.8. The lowest BCUT2D eigenvalue weighted by molar-refractivity contribution is -0.122. The minimum atomic E-state index is -0.212. The fraction of sp³-hybridized carbons (Fsp3) is 0.643. The number of amides is 1. The Morgan fingerprint density at radius 3 is 2.70 bits per heavy atom. The molecule has 1 aromatic heterocycles. The molecule has 6 nitrogen and oxygen atoms in total. The molecule has 2 rings (SSSR count). The van der Waals surface area contributed by atoms with Crippen molar-refractivity contribution in [2.75, 3.05) is 30.4 Å². The number of aromatic nitrogens is 2. The highest BCUT2D eigenvalue weighted by atomic mass is 16.2. The van der Waals surface area contributed by atoms with Crippen LogP contribution in [-0.4, -0.2) is 42.1 Å². The first-order chi connectivity index (χ1) is 9.32. The van der Waals surface area contributed by atoms with Gasteiger partial charge in [0.05, 0.1) is 0 Å². The number of anilines is 2. The van der Waals surface area contributed by atoms with Crippen LogP contribution in [0, 0.1) is 0 Å². The van der Waals surface area contributed by atoms with Crippen molar-refractivity contribution in [1.29, 1.82) is 0 Å². The Balaban J connectivity index is 2.42. The van der Waals surface area contributed by atoms with Gasteiger partial charge in [-0.2, -0.15) is 0 Å². The molecule has 1 fully saturated rings. The van der Waals surface area contributed by atoms with Gasteiger partial charge in [0.15, 0.2) is 0 Å². The molecule has 0 saturated carbocycles. The number of hydrogen-bond donors (Lipinski definition) is 2. The Labute approximate surface area is 120 Å². The lowest BCUT2D eigenvalue weighted by Gasteiger charge is -2.34. The quantitative estimate of drug-likeness (QED) is 0.848. The third-order valence-corrected chi connectivity index (χ3v) is 3.43. The maximum absolute atomic E-state index is 11.8. The number of carbonyl (C=O) groups is 1. The molecule has 110 valence electrons. The van der Waals surface area contributed by atoms with E-state index < -0.39 is 0 Å². The van der Waals surface area contributed by atoms with Gasteiger partial charge in [-0.05, 0) is 6.92 Å². The van der Waals surface area contributed by atoms with E-state index in [1.807, 2.05) is 24.9 Å². The minimum absolute atomic E-state index is 0.0400. The van der Waals surface area contributed by atoms with Crippen LogP contribution in [0.4, 0.5) is 11.6 Å². The van der Waals surface area contributed by atoms with Crippen LogP contribution in [-0.2, 0) is 10.2 Å². The monoisotopic (exact) mass is 277 g/mol. The molecular formula is C14H23N5O. The summed E-state index contributed by atoms with van der Waals surface area (Å²) >= 11 is 0. The molecular weight excluding hydrogens is 254 g/mol. The summed E-state index contributed by atoms with van der Waals surface area (Å²) in [5, 5.41) is 5.93. The molecule has 0 bridgehead atoms. The van der Waals surface area contributed by atoms with Crippen molar-refractivity contribution >= 4 is 17.5 Å². The SMILES string of the molecule is CNc1cc(N2CCNC(=O)C2C)nc(C(C)(C)C)n1. The minimum Gasteiger partial charge on any atom is -0.373 e. The van der Waals surface area contributed by atoms with E-state index in [0.29, 0.717) is 6.54 Å². The molecule has 0 aliphatic carbocycles. The fourth-order valence-corrected chi connectivity index (χ4v) is 2.14. The average Bonchev–Trinajstić information content (AvgIpc) is 2.40. The van der Waals surface area contributed by atoms with E-state index in [0.717, 1.165) is 24.0 Å². The summed E-state index contributed by atoms with van der Waals surface area (Å²) in [6, 6.07) is 1.68. The highest BCUT2D eigenvalue weighted by Crippen LogP contribution is 2.25. The molecule has 6 heteroatoms. The summed E-state index contributed by atoms with van der Waals surface area (Å²) in [4.78, 5) is 23.0. The van der Waals surface area contributed by atoms with Crippen LogP contribution in [0.15, 0.2) is 6.07 Å². The number of hydrogen-bond acceptors (Lipinski definition) is 5. The second-order valence-corrected chi connectivity index (χ2v) is 6.10. The normalized spacial score (nSPS) is 19.8. The van der Waals surface area contributed by atoms with Gasteiger partial charge in [0.1, 0.15) is 23.5 Å². The van der Waals surface area contributed by atoms with Gasteiger partial charge < -0.3 is 15.5 Å². The molecule has 0 aromatic carbocycles. The Kier molecular flexibility index (Phi) is 3.83. The summed E-state index contributed by atoms with van der Waals surface area (Å²) in [5.74, 6) is 2.39. The molecule has 1 aliphatic rings. The van der Waals surface area contributed by atoms with E-state index in [9.17, 15) is 4.79 Å². The van der Waals surface area contributed by atoms with Gasteiger partial charge in [-0.25, -0.2) is 9.97 Å². The summed E-state index contributed by atoms with van der Waals surface area (Å²) in [7, 11) is 1.84. The predicted octanol–water partition coefficient (Wildman–Crippen LogP) is 1.14. The summed E-state index contributed by atoms with van der Waals surface area (Å²) in [6.45, 7) is 9.55. The van der Waals surface area contributed by atoms with Gasteiger partial charge >= 0.3 is 0 Å². The molecule has 0 spiro atoms. The molecule has 1 unspecified atom stereocenters. The van der Waals surface area contributed by atoms with Crippen LogP contribution in [0.1, 0.15) is 33.5 Å². The van der Waals surface area contributed by atoms with E-state index >= 15 is 0 Å². The Bertz CT molecular complexity index is 509. The fourth-order valence-electron chi connectivity index (χ4n) is 2.14. The van der Waals surface area contributed by atoms with Gasteiger partial charge in [-0.15, -0.1) is 0 Å². The van der Waals surface area contributed by atoms with Gasteiger partial charge in [-0.3, -0.25) is 4.79 Å². The summed E-state index contributed by atoms with van der Waals surface area (Å²) in [5.41, 5.74) is -0.136. The molecule has 20 heavy (non-hydrogen) atoms. The molecule has 1 aromatic rings. The number of carbonyl (C=O) groups excluding carboxylic acids is 1. The van der Waals surface area contributed by atoms with E-state index in [1.54, 1.807) is 0 Å². The Morgan fingerprint density at radius 1 is 1.40 bits per heavy atom. The van der Waals surface area contributed by atoms with Crippen LogP contribution < -0.4 is 15.5 Å². The Morgan fingerprint density at radius 2 is 2.10 bits per heavy atom. The van der Waals surface area contributed by atoms with Crippen molar-refractivity contribution in [3.05, 3.63) is 11.9 Å². The maximum atomic E-state index is 11.8. The number of piperazine rings is 1. The number of nitrogens with one attached hydrogen (secondary N) is 2. The van der Waals surface area contributed by atoms with Crippen LogP contribution in [0.3, 0.4) is 0 Å². The number of rotatable bonds is 2. The molecule has 1 aliphatic heterocycles. The van der Waals surface area contributed by atoms with Gasteiger partial charge in [-0.1, -0.05) is 20.8 Å². The molecule has 0 radical (unpaired) electrons. The van der Waals surface area contributed by atoms with Crippen molar-refractivity contribution in [2.24, 2.45) is 0 Å². The molecule has 2 heterocycles. The van der Waals surface area contributed by atoms with Gasteiger partial charge in [0.25, 0.3) is 0 Å². The summed E-state index contributed by atoms with van der Waals surface area (Å²) in [6.07, 6.45) is 0. The average molecular weight is 277 g/mol. The zero-order valence-corrected chi connectivity index (χ0v) is 12.8. The largest absolute Gasteiger partial charge is 0.373 e. The van der Waals surface area contributed by atoms with Gasteiger partial charge in [0.2, 0.25) is 5.91 Å². The second kappa shape index (κ2) is 5.26. The topological polar surface area (TPSA) is 70.2 Å². The predicted molar refractivity (Wildman–Crippen MR) is 80.1 cm³/mol. The van der Waals surface area contributed by atoms with Gasteiger partial charge in [0, 0.05) is 31.6 Å². The van der Waals surface area contributed by atoms with E-state index in [2.05, 4.69) is 41.4 Å². The lowest BCUT2D eigenvalue weighted by atomic mass is 9.95. The van der Waals surface area contributed by atoms with E-state index in [1.165, 1.54) is 0 Å². The van der Waals surface area contributed by atoms with Crippen LogP contribution in [0.25, 0.3) is 0 Å². The third kappa shape index (κ3) is 2.84. The maximum Gasteiger partial charge on any atom is 0.242 e. The molecule has 1 atom stereocenters. The van der Waals surface area contributed by atoms with Crippen molar-refractivity contribution in [3.8, 4) is 0 Å². The molecule has 1 amide bonds. The zero-order chi connectivity index (χ0) is 14.9. The standard InChI is InChI=1S/C14H23N5O/c1-9-12(20)16-6-7-19(9)11-8-10(15-5)17-13(18-11)14(2,3)4/h8-9H,6-7H2,1-5H3,(H,16,20)(H,15,17,18). The van der Waals surface area contributed by atoms with Crippen LogP contribution in [0.5, 0.6) is 0 Å². The smallest absolute Gasteiger partial charge is 0.242 e. The van der Waals surface area contributed by atoms with Crippen LogP contribution in [0.2, 0.25) is 0 Å². The first-order valence-electron chi connectivity index (χ1n) is 6.94. The van der Waals surface area contributed by atoms with Crippen molar-refractivity contribution in [2.45, 2.75) is 39.2 Å². The highest BCUT2D eigenvalue weighted by molar-refractivity contribution is 5.85. The summed E-state index contributed by atoms with van der Waals surface area (Å²) < 4.78 is 0. The molecule has 2 N–H and O–H groups in total. The molecule has 1 saturated heterocycles. The first kappa shape index (κ1) is 14.6.